The third-order valence-electron chi connectivity index (χ3n) is 5.69. The van der Waals surface area contributed by atoms with Gasteiger partial charge in [0.05, 0.1) is 18.3 Å². The maximum atomic E-state index is 13.7. The van der Waals surface area contributed by atoms with Crippen LogP contribution >= 0.6 is 0 Å². The molecule has 2 aromatic carbocycles. The summed E-state index contributed by atoms with van der Waals surface area (Å²) >= 11 is 0. The number of rotatable bonds is 12. The molecule has 0 saturated carbocycles. The summed E-state index contributed by atoms with van der Waals surface area (Å²) in [6.45, 7) is 6.73. The molecule has 0 aliphatic rings. The van der Waals surface area contributed by atoms with Crippen molar-refractivity contribution >= 4 is 33.2 Å². The largest absolute Gasteiger partial charge is 0.495 e. The molecule has 0 aliphatic carbocycles. The summed E-state index contributed by atoms with van der Waals surface area (Å²) in [5.74, 6) is -0.946. The van der Waals surface area contributed by atoms with Gasteiger partial charge in [-0.3, -0.25) is 24.0 Å². The fourth-order valence-electron chi connectivity index (χ4n) is 3.93. The third-order valence-corrected chi connectivity index (χ3v) is 6.82. The molecule has 12 heteroatoms. The quantitative estimate of drug-likeness (QED) is 0.317. The van der Waals surface area contributed by atoms with Crippen molar-refractivity contribution in [3.8, 4) is 5.75 Å². The molecule has 0 radical (unpaired) electrons. The molecular weight excluding hydrogens is 512 g/mol. The summed E-state index contributed by atoms with van der Waals surface area (Å²) in [6, 6.07) is 12.0. The third kappa shape index (κ3) is 8.44. The number of nitrogens with zero attached hydrogens (tertiary/aromatic N) is 3. The highest BCUT2D eigenvalue weighted by atomic mass is 32.2. The van der Waals surface area contributed by atoms with Crippen molar-refractivity contribution in [2.24, 2.45) is 0 Å². The first-order valence-corrected chi connectivity index (χ1v) is 14.0. The Morgan fingerprint density at radius 3 is 2.26 bits per heavy atom. The monoisotopic (exact) mass is 548 g/mol. The minimum absolute atomic E-state index is 0.0437. The molecule has 1 N–H and O–H groups in total. The molecule has 0 bridgehead atoms. The van der Waals surface area contributed by atoms with E-state index in [4.69, 9.17) is 4.74 Å². The van der Waals surface area contributed by atoms with Crippen LogP contribution in [0.2, 0.25) is 0 Å². The number of anilines is 1. The molecule has 2 amide bonds. The van der Waals surface area contributed by atoms with Gasteiger partial charge in [-0.1, -0.05) is 37.3 Å². The van der Waals surface area contributed by atoms with Gasteiger partial charge in [-0.2, -0.15) is 0 Å². The summed E-state index contributed by atoms with van der Waals surface area (Å²) in [7, 11) is -2.79. The zero-order valence-electron chi connectivity index (χ0n) is 22.6. The minimum Gasteiger partial charge on any atom is -0.495 e. The lowest BCUT2D eigenvalue weighted by molar-refractivity contribution is -0.384. The number of methoxy groups -OCH3 is 1. The Bertz CT molecular complexity index is 1240. The zero-order chi connectivity index (χ0) is 28.7. The summed E-state index contributed by atoms with van der Waals surface area (Å²) in [6.07, 6.45) is 1.63. The second kappa shape index (κ2) is 12.7. The second-order valence-electron chi connectivity index (χ2n) is 9.87. The van der Waals surface area contributed by atoms with Gasteiger partial charge in [-0.15, -0.1) is 0 Å². The highest BCUT2D eigenvalue weighted by Crippen LogP contribution is 2.33. The number of non-ortho nitro benzene ring substituents is 1. The number of carbonyl (C=O) groups is 2. The van der Waals surface area contributed by atoms with Crippen LogP contribution < -0.4 is 14.4 Å². The number of nitro groups is 1. The van der Waals surface area contributed by atoms with E-state index >= 15 is 0 Å². The molecule has 38 heavy (non-hydrogen) atoms. The number of amides is 2. The normalized spacial score (nSPS) is 12.4. The van der Waals surface area contributed by atoms with Gasteiger partial charge < -0.3 is 15.0 Å². The average Bonchev–Trinajstić information content (AvgIpc) is 2.83. The topological polar surface area (TPSA) is 139 Å². The molecule has 0 spiro atoms. The molecule has 2 rings (SSSR count). The number of nitrogens with one attached hydrogen (secondary N) is 1. The van der Waals surface area contributed by atoms with Crippen LogP contribution in [-0.4, -0.2) is 68.1 Å². The van der Waals surface area contributed by atoms with Crippen LogP contribution in [0.4, 0.5) is 11.4 Å². The van der Waals surface area contributed by atoms with Crippen molar-refractivity contribution in [2.75, 3.05) is 30.8 Å². The van der Waals surface area contributed by atoms with E-state index in [1.54, 1.807) is 6.92 Å². The molecule has 0 saturated heterocycles. The maximum Gasteiger partial charge on any atom is 0.271 e. The van der Waals surface area contributed by atoms with Gasteiger partial charge in [0.25, 0.3) is 5.69 Å². The molecular formula is C26H36N4O7S. The van der Waals surface area contributed by atoms with Crippen LogP contribution in [-0.2, 0) is 26.0 Å². The van der Waals surface area contributed by atoms with E-state index < -0.39 is 39.0 Å². The Hall–Kier alpha value is -3.67. The van der Waals surface area contributed by atoms with Crippen LogP contribution in [0.15, 0.2) is 48.5 Å². The lowest BCUT2D eigenvalue weighted by Gasteiger charge is -2.34. The Morgan fingerprint density at radius 1 is 1.13 bits per heavy atom. The standard InChI is InChI=1S/C26H36N4O7S/c1-7-21(25(32)27-26(2,3)4)28(16-15-19-11-9-8-10-12-19)24(31)18-29(38(6,35)36)22-17-20(30(33)34)13-14-23(22)37-5/h8-14,17,21H,7,15-16,18H2,1-6H3,(H,27,32)/t21-/m0/s1. The Kier molecular flexibility index (Phi) is 10.2. The van der Waals surface area contributed by atoms with E-state index in [9.17, 15) is 28.1 Å². The van der Waals surface area contributed by atoms with Crippen LogP contribution in [0.5, 0.6) is 5.75 Å². The number of benzene rings is 2. The SMILES string of the molecule is CC[C@@H](C(=O)NC(C)(C)C)N(CCc1ccccc1)C(=O)CN(c1cc([N+](=O)[O-])ccc1OC)S(C)(=O)=O. The van der Waals surface area contributed by atoms with Gasteiger partial charge in [-0.05, 0) is 45.2 Å². The lowest BCUT2D eigenvalue weighted by Crippen LogP contribution is -2.56. The number of nitro benzene ring substituents is 1. The number of hydrogen-bond acceptors (Lipinski definition) is 7. The molecule has 0 aliphatic heterocycles. The molecule has 208 valence electrons. The van der Waals surface area contributed by atoms with Gasteiger partial charge in [0, 0.05) is 24.2 Å². The minimum atomic E-state index is -4.09. The van der Waals surface area contributed by atoms with Crippen molar-refractivity contribution in [1.29, 1.82) is 0 Å². The Balaban J connectivity index is 2.51. The number of hydrogen-bond donors (Lipinski definition) is 1. The first kappa shape index (κ1) is 30.6. The average molecular weight is 549 g/mol. The summed E-state index contributed by atoms with van der Waals surface area (Å²) in [5, 5.41) is 14.3. The Labute approximate surface area is 224 Å². The van der Waals surface area contributed by atoms with Crippen molar-refractivity contribution in [1.82, 2.24) is 10.2 Å². The van der Waals surface area contributed by atoms with Gasteiger partial charge in [0.2, 0.25) is 21.8 Å². The van der Waals surface area contributed by atoms with Crippen molar-refractivity contribution in [3.05, 3.63) is 64.2 Å². The Morgan fingerprint density at radius 2 is 1.76 bits per heavy atom. The van der Waals surface area contributed by atoms with Gasteiger partial charge >= 0.3 is 0 Å². The molecule has 11 nitrogen and oxygen atoms in total. The highest BCUT2D eigenvalue weighted by molar-refractivity contribution is 7.92. The van der Waals surface area contributed by atoms with E-state index in [2.05, 4.69) is 5.32 Å². The van der Waals surface area contributed by atoms with E-state index in [-0.39, 0.29) is 29.6 Å². The van der Waals surface area contributed by atoms with E-state index in [0.29, 0.717) is 12.8 Å². The highest BCUT2D eigenvalue weighted by Gasteiger charge is 2.34. The first-order valence-electron chi connectivity index (χ1n) is 12.1. The smallest absolute Gasteiger partial charge is 0.271 e. The molecule has 0 aromatic heterocycles. The fourth-order valence-corrected chi connectivity index (χ4v) is 4.78. The van der Waals surface area contributed by atoms with Gasteiger partial charge in [0.15, 0.2) is 0 Å². The van der Waals surface area contributed by atoms with E-state index in [0.717, 1.165) is 22.2 Å². The first-order chi connectivity index (χ1) is 17.7. The van der Waals surface area contributed by atoms with E-state index in [1.807, 2.05) is 51.1 Å². The second-order valence-corrected chi connectivity index (χ2v) is 11.8. The fraction of sp³-hybridized carbons (Fsp3) is 0.462. The number of carbonyl (C=O) groups excluding carboxylic acids is 2. The van der Waals surface area contributed by atoms with E-state index in [1.165, 1.54) is 24.1 Å². The van der Waals surface area contributed by atoms with Crippen molar-refractivity contribution < 1.29 is 27.7 Å². The summed E-state index contributed by atoms with van der Waals surface area (Å²) < 4.78 is 31.7. The molecule has 0 heterocycles. The van der Waals surface area contributed by atoms with Crippen LogP contribution in [0, 0.1) is 10.1 Å². The molecule has 0 fully saturated rings. The van der Waals surface area contributed by atoms with Gasteiger partial charge in [0.1, 0.15) is 24.0 Å². The molecule has 0 unspecified atom stereocenters. The zero-order valence-corrected chi connectivity index (χ0v) is 23.4. The lowest BCUT2D eigenvalue weighted by atomic mass is 10.1. The van der Waals surface area contributed by atoms with Crippen molar-refractivity contribution in [3.63, 3.8) is 0 Å². The predicted molar refractivity (Wildman–Crippen MR) is 146 cm³/mol. The van der Waals surface area contributed by atoms with Gasteiger partial charge in [-0.25, -0.2) is 8.42 Å². The predicted octanol–water partition coefficient (Wildman–Crippen LogP) is 3.13. The maximum absolute atomic E-state index is 13.7. The van der Waals surface area contributed by atoms with Crippen LogP contribution in [0.25, 0.3) is 0 Å². The number of sulfonamides is 1. The molecule has 1 atom stereocenters. The van der Waals surface area contributed by atoms with Crippen LogP contribution in [0.3, 0.4) is 0 Å². The molecule has 2 aromatic rings. The summed E-state index contributed by atoms with van der Waals surface area (Å²) in [4.78, 5) is 39.0. The van der Waals surface area contributed by atoms with Crippen LogP contribution in [0.1, 0.15) is 39.7 Å². The number of ether oxygens (including phenoxy) is 1. The van der Waals surface area contributed by atoms with Crippen molar-refractivity contribution in [2.45, 2.75) is 52.1 Å². The summed E-state index contributed by atoms with van der Waals surface area (Å²) in [5.41, 5.74) is -0.114.